The van der Waals surface area contributed by atoms with Gasteiger partial charge < -0.3 is 20.5 Å². The fourth-order valence-corrected chi connectivity index (χ4v) is 1.83. The van der Waals surface area contributed by atoms with Crippen LogP contribution in [0.1, 0.15) is 58.7 Å². The second-order valence-corrected chi connectivity index (χ2v) is 5.48. The van der Waals surface area contributed by atoms with Crippen molar-refractivity contribution < 1.29 is 9.47 Å². The minimum absolute atomic E-state index is 0.220. The van der Waals surface area contributed by atoms with Gasteiger partial charge in [0.05, 0.1) is 6.61 Å². The Bertz CT molecular complexity index is 438. The van der Waals surface area contributed by atoms with Crippen LogP contribution in [0.3, 0.4) is 0 Å². The van der Waals surface area contributed by atoms with Gasteiger partial charge in [-0.25, -0.2) is 4.98 Å². The van der Waals surface area contributed by atoms with E-state index in [1.807, 2.05) is 20.8 Å². The van der Waals surface area contributed by atoms with Gasteiger partial charge in [0.25, 0.3) is 0 Å². The largest absolute Gasteiger partial charge is 0.476 e. The molecule has 3 N–H and O–H groups in total. The van der Waals surface area contributed by atoms with Gasteiger partial charge in [0.1, 0.15) is 11.5 Å². The molecular formula is C16H30N4O2. The molecule has 0 aromatic carbocycles. The third kappa shape index (κ3) is 6.05. The molecular weight excluding hydrogens is 280 g/mol. The minimum Gasteiger partial charge on any atom is -0.476 e. The Morgan fingerprint density at radius 1 is 1.14 bits per heavy atom. The zero-order valence-corrected chi connectivity index (χ0v) is 14.3. The van der Waals surface area contributed by atoms with Crippen LogP contribution >= 0.6 is 0 Å². The molecule has 0 atom stereocenters. The first-order valence-corrected chi connectivity index (χ1v) is 8.21. The fraction of sp³-hybridized carbons (Fsp3) is 0.750. The summed E-state index contributed by atoms with van der Waals surface area (Å²) >= 11 is 0. The summed E-state index contributed by atoms with van der Waals surface area (Å²) in [6, 6.07) is 0. The lowest BCUT2D eigenvalue weighted by molar-refractivity contribution is 0.131. The lowest BCUT2D eigenvalue weighted by Crippen LogP contribution is -2.13. The Labute approximate surface area is 133 Å². The van der Waals surface area contributed by atoms with Gasteiger partial charge in [0.2, 0.25) is 5.88 Å². The molecule has 1 aromatic heterocycles. The monoisotopic (exact) mass is 310 g/mol. The predicted molar refractivity (Wildman–Crippen MR) is 90.5 cm³/mol. The second kappa shape index (κ2) is 10.2. The molecule has 0 spiro atoms. The van der Waals surface area contributed by atoms with Crippen molar-refractivity contribution in [3.63, 3.8) is 0 Å². The van der Waals surface area contributed by atoms with Gasteiger partial charge in [-0.3, -0.25) is 0 Å². The van der Waals surface area contributed by atoms with Gasteiger partial charge in [-0.2, -0.15) is 4.98 Å². The minimum atomic E-state index is 0.220. The van der Waals surface area contributed by atoms with Gasteiger partial charge in [-0.1, -0.05) is 27.2 Å². The number of rotatable bonds is 11. The summed E-state index contributed by atoms with van der Waals surface area (Å²) < 4.78 is 11.0. The van der Waals surface area contributed by atoms with E-state index < -0.39 is 0 Å². The van der Waals surface area contributed by atoms with E-state index in [-0.39, 0.29) is 5.92 Å². The van der Waals surface area contributed by atoms with Crippen LogP contribution in [0.25, 0.3) is 0 Å². The van der Waals surface area contributed by atoms with Crippen LogP contribution in [0, 0.1) is 0 Å². The molecule has 6 nitrogen and oxygen atoms in total. The number of anilines is 2. The van der Waals surface area contributed by atoms with Gasteiger partial charge in [0, 0.05) is 25.7 Å². The zero-order chi connectivity index (χ0) is 16.4. The molecule has 0 radical (unpaired) electrons. The summed E-state index contributed by atoms with van der Waals surface area (Å²) in [5.74, 6) is 2.07. The normalized spacial score (nSPS) is 11.0. The van der Waals surface area contributed by atoms with Crippen molar-refractivity contribution in [3.8, 4) is 5.88 Å². The molecule has 0 unspecified atom stereocenters. The average Bonchev–Trinajstić information content (AvgIpc) is 2.49. The van der Waals surface area contributed by atoms with E-state index >= 15 is 0 Å². The number of nitrogen functional groups attached to an aromatic ring is 1. The van der Waals surface area contributed by atoms with Crippen molar-refractivity contribution in [1.82, 2.24) is 9.97 Å². The number of ether oxygens (including phenoxy) is 2. The number of nitrogens with one attached hydrogen (secondary N) is 1. The summed E-state index contributed by atoms with van der Waals surface area (Å²) in [6.07, 6.45) is 3.18. The third-order valence-corrected chi connectivity index (χ3v) is 3.13. The molecule has 0 aliphatic heterocycles. The highest BCUT2D eigenvalue weighted by atomic mass is 16.5. The van der Waals surface area contributed by atoms with Crippen molar-refractivity contribution in [3.05, 3.63) is 5.82 Å². The maximum atomic E-state index is 6.08. The molecule has 0 aliphatic carbocycles. The second-order valence-electron chi connectivity index (χ2n) is 5.48. The van der Waals surface area contributed by atoms with Crippen molar-refractivity contribution >= 4 is 11.5 Å². The Hall–Kier alpha value is -1.56. The van der Waals surface area contributed by atoms with Crippen LogP contribution in [0.2, 0.25) is 0 Å². The van der Waals surface area contributed by atoms with Gasteiger partial charge >= 0.3 is 0 Å². The van der Waals surface area contributed by atoms with Crippen molar-refractivity contribution in [2.24, 2.45) is 0 Å². The Morgan fingerprint density at radius 3 is 2.50 bits per heavy atom. The van der Waals surface area contributed by atoms with Crippen LogP contribution in [0.15, 0.2) is 0 Å². The van der Waals surface area contributed by atoms with Crippen LogP contribution in [0.5, 0.6) is 5.88 Å². The summed E-state index contributed by atoms with van der Waals surface area (Å²) in [5.41, 5.74) is 6.55. The molecule has 6 heteroatoms. The average molecular weight is 310 g/mol. The van der Waals surface area contributed by atoms with E-state index in [0.717, 1.165) is 44.8 Å². The zero-order valence-electron chi connectivity index (χ0n) is 14.3. The van der Waals surface area contributed by atoms with Crippen LogP contribution < -0.4 is 15.8 Å². The lowest BCUT2D eigenvalue weighted by atomic mass is 10.2. The molecule has 0 bridgehead atoms. The van der Waals surface area contributed by atoms with Crippen molar-refractivity contribution in [2.45, 2.75) is 52.9 Å². The highest BCUT2D eigenvalue weighted by Gasteiger charge is 2.14. The fourth-order valence-electron chi connectivity index (χ4n) is 1.83. The van der Waals surface area contributed by atoms with Crippen molar-refractivity contribution in [1.29, 1.82) is 0 Å². The summed E-state index contributed by atoms with van der Waals surface area (Å²) in [6.45, 7) is 11.0. The van der Waals surface area contributed by atoms with E-state index in [9.17, 15) is 0 Å². The Kier molecular flexibility index (Phi) is 8.58. The molecule has 1 rings (SSSR count). The number of nitrogens with two attached hydrogens (primary N) is 1. The van der Waals surface area contributed by atoms with E-state index in [4.69, 9.17) is 15.2 Å². The predicted octanol–water partition coefficient (Wildman–Crippen LogP) is 3.20. The van der Waals surface area contributed by atoms with Crippen molar-refractivity contribution in [2.75, 3.05) is 37.4 Å². The molecule has 22 heavy (non-hydrogen) atoms. The topological polar surface area (TPSA) is 82.3 Å². The molecule has 0 aliphatic rings. The molecule has 1 heterocycles. The molecule has 0 amide bonds. The first-order valence-electron chi connectivity index (χ1n) is 8.21. The lowest BCUT2D eigenvalue weighted by Gasteiger charge is -2.15. The van der Waals surface area contributed by atoms with Crippen LogP contribution in [-0.4, -0.2) is 36.3 Å². The number of unbranched alkanes of at least 4 members (excludes halogenated alkanes) is 1. The summed E-state index contributed by atoms with van der Waals surface area (Å²) in [4.78, 5) is 8.87. The number of aromatic nitrogens is 2. The standard InChI is InChI=1S/C16H30N4O2/c1-5-7-10-21-11-8-9-18-15-13(17)16(22-6-2)20-14(19-15)12(3)4/h12H,5-11,17H2,1-4H3,(H,18,19,20). The first-order chi connectivity index (χ1) is 10.6. The molecule has 126 valence electrons. The molecule has 0 saturated heterocycles. The Balaban J connectivity index is 2.57. The molecule has 0 saturated carbocycles. The SMILES string of the molecule is CCCCOCCCNc1nc(C(C)C)nc(OCC)c1N. The van der Waals surface area contributed by atoms with E-state index in [0.29, 0.717) is 24.0 Å². The van der Waals surface area contributed by atoms with Crippen LogP contribution in [0.4, 0.5) is 11.5 Å². The van der Waals surface area contributed by atoms with Crippen LogP contribution in [-0.2, 0) is 4.74 Å². The quantitative estimate of drug-likeness (QED) is 0.611. The Morgan fingerprint density at radius 2 is 1.86 bits per heavy atom. The van der Waals surface area contributed by atoms with E-state index in [2.05, 4.69) is 22.2 Å². The highest BCUT2D eigenvalue weighted by molar-refractivity contribution is 5.67. The maximum absolute atomic E-state index is 6.08. The first kappa shape index (κ1) is 18.5. The van der Waals surface area contributed by atoms with E-state index in [1.165, 1.54) is 0 Å². The smallest absolute Gasteiger partial charge is 0.242 e. The summed E-state index contributed by atoms with van der Waals surface area (Å²) in [7, 11) is 0. The number of hydrogen-bond donors (Lipinski definition) is 2. The van der Waals surface area contributed by atoms with Gasteiger partial charge in [-0.15, -0.1) is 0 Å². The van der Waals surface area contributed by atoms with Gasteiger partial charge in [-0.05, 0) is 19.8 Å². The summed E-state index contributed by atoms with van der Waals surface area (Å²) in [5, 5.41) is 3.26. The molecule has 1 aromatic rings. The highest BCUT2D eigenvalue weighted by Crippen LogP contribution is 2.28. The maximum Gasteiger partial charge on any atom is 0.242 e. The van der Waals surface area contributed by atoms with Gasteiger partial charge in [0.15, 0.2) is 5.82 Å². The third-order valence-electron chi connectivity index (χ3n) is 3.13. The number of hydrogen-bond acceptors (Lipinski definition) is 6. The van der Waals surface area contributed by atoms with E-state index in [1.54, 1.807) is 0 Å². The molecule has 0 fully saturated rings. The number of nitrogens with zero attached hydrogens (tertiary/aromatic N) is 2.